The Balaban J connectivity index is 0.00000253. The van der Waals surface area contributed by atoms with E-state index in [2.05, 4.69) is 27.7 Å². The van der Waals surface area contributed by atoms with Gasteiger partial charge in [-0.15, -0.1) is 12.4 Å². The average molecular weight is 510 g/mol. The Labute approximate surface area is 218 Å². The molecule has 200 valence electrons. The molecule has 0 aromatic rings. The van der Waals surface area contributed by atoms with Gasteiger partial charge in [0.05, 0.1) is 19.3 Å². The summed E-state index contributed by atoms with van der Waals surface area (Å²) >= 11 is 0. The zero-order chi connectivity index (χ0) is 23.9. The van der Waals surface area contributed by atoms with E-state index in [9.17, 15) is 4.79 Å². The van der Waals surface area contributed by atoms with Gasteiger partial charge >= 0.3 is 5.97 Å². The average Bonchev–Trinajstić information content (AvgIpc) is 3.26. The third-order valence-electron chi connectivity index (χ3n) is 12.3. The lowest BCUT2D eigenvalue weighted by atomic mass is 9.44. The van der Waals surface area contributed by atoms with Crippen molar-refractivity contribution in [3.63, 3.8) is 0 Å². The van der Waals surface area contributed by atoms with E-state index in [1.165, 1.54) is 44.9 Å². The molecule has 2 aliphatic heterocycles. The van der Waals surface area contributed by atoms with Crippen molar-refractivity contribution in [3.05, 3.63) is 0 Å². The number of nitrogens with two attached hydrogens (primary N) is 1. The molecular weight excluding hydrogens is 462 g/mol. The van der Waals surface area contributed by atoms with Gasteiger partial charge in [0.15, 0.2) is 5.79 Å². The van der Waals surface area contributed by atoms with Crippen LogP contribution in [0.1, 0.15) is 91.9 Å². The lowest BCUT2D eigenvalue weighted by Crippen LogP contribution is -2.55. The van der Waals surface area contributed by atoms with Crippen molar-refractivity contribution < 1.29 is 19.0 Å². The van der Waals surface area contributed by atoms with Gasteiger partial charge in [0.1, 0.15) is 6.10 Å². The second kappa shape index (κ2) is 9.13. The molecule has 12 atom stereocenters. The van der Waals surface area contributed by atoms with Crippen LogP contribution in [0, 0.1) is 52.3 Å². The Hall–Kier alpha value is -0.360. The molecule has 0 bridgehead atoms. The van der Waals surface area contributed by atoms with Crippen LogP contribution in [0.4, 0.5) is 0 Å². The van der Waals surface area contributed by atoms with Gasteiger partial charge in [-0.3, -0.25) is 4.79 Å². The first kappa shape index (κ1) is 26.3. The monoisotopic (exact) mass is 509 g/mol. The van der Waals surface area contributed by atoms with Crippen LogP contribution >= 0.6 is 12.4 Å². The van der Waals surface area contributed by atoms with E-state index in [1.54, 1.807) is 0 Å². The van der Waals surface area contributed by atoms with Gasteiger partial charge in [0, 0.05) is 12.3 Å². The van der Waals surface area contributed by atoms with Crippen molar-refractivity contribution in [2.75, 3.05) is 13.2 Å². The summed E-state index contributed by atoms with van der Waals surface area (Å²) in [6.07, 6.45) is 12.6. The van der Waals surface area contributed by atoms with Crippen molar-refractivity contribution in [1.82, 2.24) is 0 Å². The third kappa shape index (κ3) is 3.84. The molecule has 6 fully saturated rings. The van der Waals surface area contributed by atoms with Crippen molar-refractivity contribution in [3.8, 4) is 0 Å². The van der Waals surface area contributed by atoms with E-state index in [4.69, 9.17) is 19.9 Å². The quantitative estimate of drug-likeness (QED) is 0.481. The number of carbonyl (C=O) groups excluding carboxylic acids is 1. The summed E-state index contributed by atoms with van der Waals surface area (Å²) in [5.74, 6) is 4.35. The molecule has 2 saturated heterocycles. The first-order valence-corrected chi connectivity index (χ1v) is 14.4. The fourth-order valence-electron chi connectivity index (χ4n) is 10.6. The maximum atomic E-state index is 11.8. The SMILES string of the molecule is C[C@@H]1CC[C@@]2(OC1)O[C@H]1C[C@H]3[C@@H]4CCC5C[C@@H](OC(=O)CN)CC[C@]5(C)[C@H]4CC[C@]3(C)[C@H]1[C@@H]2C.Cl. The molecule has 35 heavy (non-hydrogen) atoms. The molecule has 6 heteroatoms. The van der Waals surface area contributed by atoms with Gasteiger partial charge < -0.3 is 19.9 Å². The smallest absolute Gasteiger partial charge is 0.319 e. The van der Waals surface area contributed by atoms with Crippen LogP contribution < -0.4 is 5.73 Å². The molecule has 2 heterocycles. The topological polar surface area (TPSA) is 70.8 Å². The number of ether oxygens (including phenoxy) is 3. The summed E-state index contributed by atoms with van der Waals surface area (Å²) in [6, 6.07) is 0. The van der Waals surface area contributed by atoms with Crippen LogP contribution in [-0.4, -0.2) is 37.1 Å². The van der Waals surface area contributed by atoms with E-state index >= 15 is 0 Å². The minimum atomic E-state index is -0.310. The Kier molecular flexibility index (Phi) is 6.85. The van der Waals surface area contributed by atoms with E-state index in [0.717, 1.165) is 43.6 Å². The maximum Gasteiger partial charge on any atom is 0.319 e. The normalized spacial score (nSPS) is 54.7. The first-order valence-electron chi connectivity index (χ1n) is 14.4. The van der Waals surface area contributed by atoms with Gasteiger partial charge in [-0.05, 0) is 104 Å². The van der Waals surface area contributed by atoms with Crippen LogP contribution in [0.15, 0.2) is 0 Å². The van der Waals surface area contributed by atoms with Gasteiger partial charge in [-0.1, -0.05) is 27.7 Å². The molecule has 6 rings (SSSR count). The van der Waals surface area contributed by atoms with Crippen LogP contribution in [0.5, 0.6) is 0 Å². The standard InChI is InChI=1S/C29H47NO4.ClH/c1-17-7-12-29(32-16-17)18(2)26-24(34-29)14-23-21-6-5-19-13-20(33-25(31)15-30)8-10-27(19,3)22(21)9-11-28(23,26)4;/h17-24,26H,5-16,30H2,1-4H3;1H/t17-,18+,19?,20+,21-,22+,23+,24+,26+,27+,28+,29-;/m1./s1. The summed E-state index contributed by atoms with van der Waals surface area (Å²) in [6.45, 7) is 10.8. The minimum absolute atomic E-state index is 0. The fraction of sp³-hybridized carbons (Fsp3) is 0.966. The number of halogens is 1. The highest BCUT2D eigenvalue weighted by atomic mass is 35.5. The highest BCUT2D eigenvalue weighted by Gasteiger charge is 2.69. The van der Waals surface area contributed by atoms with Crippen molar-refractivity contribution in [2.24, 2.45) is 58.0 Å². The maximum absolute atomic E-state index is 11.8. The van der Waals surface area contributed by atoms with Crippen LogP contribution in [0.25, 0.3) is 0 Å². The van der Waals surface area contributed by atoms with E-state index < -0.39 is 0 Å². The number of esters is 1. The predicted octanol–water partition coefficient (Wildman–Crippen LogP) is 5.73. The van der Waals surface area contributed by atoms with Gasteiger partial charge in [0.25, 0.3) is 0 Å². The number of fused-ring (bicyclic) bond motifs is 7. The highest BCUT2D eigenvalue weighted by molar-refractivity contribution is 5.85. The molecule has 0 aromatic carbocycles. The highest BCUT2D eigenvalue weighted by Crippen LogP contribution is 2.71. The molecule has 0 radical (unpaired) electrons. The summed E-state index contributed by atoms with van der Waals surface area (Å²) in [5, 5.41) is 0. The summed E-state index contributed by atoms with van der Waals surface area (Å²) < 4.78 is 19.1. The molecule has 0 aromatic heterocycles. The number of hydrogen-bond acceptors (Lipinski definition) is 5. The molecule has 0 amide bonds. The summed E-state index contributed by atoms with van der Waals surface area (Å²) in [7, 11) is 0. The Morgan fingerprint density at radius 2 is 1.74 bits per heavy atom. The minimum Gasteiger partial charge on any atom is -0.461 e. The van der Waals surface area contributed by atoms with Crippen molar-refractivity contribution >= 4 is 18.4 Å². The van der Waals surface area contributed by atoms with Gasteiger partial charge in [-0.2, -0.15) is 0 Å². The zero-order valence-electron chi connectivity index (χ0n) is 22.3. The van der Waals surface area contributed by atoms with Gasteiger partial charge in [0.2, 0.25) is 0 Å². The molecule has 1 unspecified atom stereocenters. The van der Waals surface area contributed by atoms with Crippen molar-refractivity contribution in [2.45, 2.75) is 110 Å². The lowest BCUT2D eigenvalue weighted by Gasteiger charge is -2.61. The van der Waals surface area contributed by atoms with Crippen LogP contribution in [0.2, 0.25) is 0 Å². The summed E-state index contributed by atoms with van der Waals surface area (Å²) in [4.78, 5) is 11.8. The fourth-order valence-corrected chi connectivity index (χ4v) is 10.6. The predicted molar refractivity (Wildman–Crippen MR) is 138 cm³/mol. The zero-order valence-corrected chi connectivity index (χ0v) is 23.1. The van der Waals surface area contributed by atoms with E-state index in [1.807, 2.05) is 0 Å². The third-order valence-corrected chi connectivity index (χ3v) is 12.3. The number of rotatable bonds is 2. The van der Waals surface area contributed by atoms with E-state index in [-0.39, 0.29) is 36.8 Å². The second-order valence-electron chi connectivity index (χ2n) is 13.8. The Morgan fingerprint density at radius 1 is 0.971 bits per heavy atom. The Morgan fingerprint density at radius 3 is 2.46 bits per heavy atom. The van der Waals surface area contributed by atoms with E-state index in [0.29, 0.717) is 40.6 Å². The molecule has 5 nitrogen and oxygen atoms in total. The second-order valence-corrected chi connectivity index (χ2v) is 13.8. The molecule has 6 aliphatic rings. The molecule has 1 spiro atoms. The van der Waals surface area contributed by atoms with Crippen LogP contribution in [-0.2, 0) is 19.0 Å². The Bertz CT molecular complexity index is 815. The molecular formula is C29H48ClNO4. The largest absolute Gasteiger partial charge is 0.461 e. The molecule has 2 N–H and O–H groups in total. The lowest BCUT2D eigenvalue weighted by molar-refractivity contribution is -0.273. The number of hydrogen-bond donors (Lipinski definition) is 1. The number of carbonyl (C=O) groups is 1. The molecule has 4 saturated carbocycles. The van der Waals surface area contributed by atoms with Crippen LogP contribution in [0.3, 0.4) is 0 Å². The molecule has 4 aliphatic carbocycles. The first-order chi connectivity index (χ1) is 16.2. The summed E-state index contributed by atoms with van der Waals surface area (Å²) in [5.41, 5.74) is 6.28. The van der Waals surface area contributed by atoms with Crippen molar-refractivity contribution in [1.29, 1.82) is 0 Å². The van der Waals surface area contributed by atoms with Gasteiger partial charge in [-0.25, -0.2) is 0 Å².